The van der Waals surface area contributed by atoms with E-state index in [9.17, 15) is 24.3 Å². The molecule has 0 aromatic heterocycles. The zero-order valence-electron chi connectivity index (χ0n) is 24.9. The minimum atomic E-state index is -1.38. The van der Waals surface area contributed by atoms with Gasteiger partial charge in [-0.3, -0.25) is 14.4 Å². The van der Waals surface area contributed by atoms with Crippen LogP contribution in [0.1, 0.15) is 93.6 Å². The molecule has 0 saturated carbocycles. The molecule has 0 aliphatic carbocycles. The molecule has 0 radical (unpaired) electrons. The number of nitrogens with two attached hydrogens (primary N) is 1. The van der Waals surface area contributed by atoms with Gasteiger partial charge in [0.25, 0.3) is 0 Å². The largest absolute Gasteiger partial charge is 0.508 e. The Hall–Kier alpha value is -3.14. The highest BCUT2D eigenvalue weighted by molar-refractivity contribution is 5.81. The summed E-state index contributed by atoms with van der Waals surface area (Å²) in [6.45, 7) is 17.2. The standard InChI is InChI=1S/C29H45NO9/c1-11-28(7,8)24(33)37-19-14-13-18(15-20(19)38-25(34)29(9,10)12-2)21(22(30)23(31)32)17(3)16-36-26(35)39-27(4,5)6/h13-15,17,21-22H,11-12,16,30H2,1-10H3,(H,31,32)/t17?,21?,22-/m0/s1. The minimum Gasteiger partial charge on any atom is -0.480 e. The van der Waals surface area contributed by atoms with Gasteiger partial charge in [-0.25, -0.2) is 4.79 Å². The van der Waals surface area contributed by atoms with E-state index in [1.165, 1.54) is 12.1 Å². The summed E-state index contributed by atoms with van der Waals surface area (Å²) in [5, 5.41) is 9.72. The van der Waals surface area contributed by atoms with E-state index in [0.717, 1.165) is 0 Å². The predicted octanol–water partition coefficient (Wildman–Crippen LogP) is 5.45. The highest BCUT2D eigenvalue weighted by atomic mass is 16.7. The van der Waals surface area contributed by atoms with Crippen molar-refractivity contribution < 1.29 is 43.2 Å². The summed E-state index contributed by atoms with van der Waals surface area (Å²) < 4.78 is 21.7. The van der Waals surface area contributed by atoms with E-state index >= 15 is 0 Å². The second-order valence-corrected chi connectivity index (χ2v) is 12.1. The number of rotatable bonds is 12. The number of carbonyl (C=O) groups excluding carboxylic acids is 3. The maximum atomic E-state index is 13.0. The second kappa shape index (κ2) is 13.3. The number of carboxylic acids is 1. The zero-order valence-corrected chi connectivity index (χ0v) is 24.9. The van der Waals surface area contributed by atoms with Crippen LogP contribution in [0.3, 0.4) is 0 Å². The van der Waals surface area contributed by atoms with E-state index in [1.807, 2.05) is 13.8 Å². The van der Waals surface area contributed by atoms with Gasteiger partial charge in [0.15, 0.2) is 11.5 Å². The van der Waals surface area contributed by atoms with Crippen molar-refractivity contribution >= 4 is 24.1 Å². The summed E-state index contributed by atoms with van der Waals surface area (Å²) in [5.74, 6) is -3.79. The average Bonchev–Trinajstić information content (AvgIpc) is 2.82. The lowest BCUT2D eigenvalue weighted by Crippen LogP contribution is -2.41. The normalized spacial score (nSPS) is 14.5. The molecule has 1 aromatic carbocycles. The van der Waals surface area contributed by atoms with Crippen molar-refractivity contribution in [1.82, 2.24) is 0 Å². The molecule has 0 spiro atoms. The Morgan fingerprint density at radius 3 is 1.79 bits per heavy atom. The van der Waals surface area contributed by atoms with E-state index in [-0.39, 0.29) is 18.1 Å². The van der Waals surface area contributed by atoms with E-state index in [4.69, 9.17) is 24.7 Å². The Bertz CT molecular complexity index is 1040. The van der Waals surface area contributed by atoms with Crippen molar-refractivity contribution in [2.45, 2.75) is 99.6 Å². The number of carboxylic acid groups (broad SMARTS) is 1. The number of hydrogen-bond donors (Lipinski definition) is 2. The number of benzene rings is 1. The first-order chi connectivity index (χ1) is 17.8. The first-order valence-electron chi connectivity index (χ1n) is 13.2. The maximum Gasteiger partial charge on any atom is 0.508 e. The topological polar surface area (TPSA) is 151 Å². The Morgan fingerprint density at radius 2 is 1.36 bits per heavy atom. The minimum absolute atomic E-state index is 0.0193. The molecule has 2 unspecified atom stereocenters. The van der Waals surface area contributed by atoms with Crippen molar-refractivity contribution in [3.05, 3.63) is 23.8 Å². The van der Waals surface area contributed by atoms with Gasteiger partial charge in [-0.15, -0.1) is 0 Å². The fourth-order valence-corrected chi connectivity index (χ4v) is 3.29. The monoisotopic (exact) mass is 551 g/mol. The lowest BCUT2D eigenvalue weighted by molar-refractivity contribution is -0.147. The van der Waals surface area contributed by atoms with E-state index in [2.05, 4.69) is 0 Å². The van der Waals surface area contributed by atoms with Crippen LogP contribution in [0.4, 0.5) is 4.79 Å². The van der Waals surface area contributed by atoms with Crippen molar-refractivity contribution in [3.8, 4) is 11.5 Å². The third-order valence-corrected chi connectivity index (χ3v) is 6.77. The van der Waals surface area contributed by atoms with Crippen LogP contribution in [0.5, 0.6) is 11.5 Å². The Labute approximate surface area is 231 Å². The fourth-order valence-electron chi connectivity index (χ4n) is 3.29. The molecule has 0 amide bonds. The second-order valence-electron chi connectivity index (χ2n) is 12.1. The summed E-state index contributed by atoms with van der Waals surface area (Å²) in [6, 6.07) is 3.07. The van der Waals surface area contributed by atoms with Gasteiger partial charge < -0.3 is 29.8 Å². The van der Waals surface area contributed by atoms with Gasteiger partial charge in [0, 0.05) is 5.92 Å². The Morgan fingerprint density at radius 1 is 0.872 bits per heavy atom. The van der Waals surface area contributed by atoms with Crippen molar-refractivity contribution in [1.29, 1.82) is 0 Å². The number of aliphatic carboxylic acids is 1. The molecule has 0 aliphatic heterocycles. The molecule has 1 rings (SSSR count). The van der Waals surface area contributed by atoms with Crippen LogP contribution in [0.2, 0.25) is 0 Å². The van der Waals surface area contributed by atoms with Crippen molar-refractivity contribution in [2.75, 3.05) is 6.61 Å². The molecule has 3 atom stereocenters. The number of carbonyl (C=O) groups is 4. The molecule has 1 aromatic rings. The van der Waals surface area contributed by atoms with E-state index in [0.29, 0.717) is 18.4 Å². The van der Waals surface area contributed by atoms with Crippen LogP contribution >= 0.6 is 0 Å². The Kier molecular flexibility index (Phi) is 11.5. The van der Waals surface area contributed by atoms with Gasteiger partial charge >= 0.3 is 24.1 Å². The smallest absolute Gasteiger partial charge is 0.480 e. The van der Waals surface area contributed by atoms with Crippen LogP contribution in [0.25, 0.3) is 0 Å². The third kappa shape index (κ3) is 9.84. The molecule has 0 heterocycles. The summed E-state index contributed by atoms with van der Waals surface area (Å²) >= 11 is 0. The molecule has 10 heteroatoms. The van der Waals surface area contributed by atoms with Crippen LogP contribution in [-0.2, 0) is 23.9 Å². The zero-order chi connectivity index (χ0) is 30.3. The van der Waals surface area contributed by atoms with Gasteiger partial charge in [0.05, 0.1) is 17.4 Å². The van der Waals surface area contributed by atoms with E-state index < -0.39 is 58.4 Å². The van der Waals surface area contributed by atoms with E-state index in [1.54, 1.807) is 61.5 Å². The van der Waals surface area contributed by atoms with Crippen molar-refractivity contribution in [3.63, 3.8) is 0 Å². The maximum absolute atomic E-state index is 13.0. The number of hydrogen-bond acceptors (Lipinski definition) is 9. The van der Waals surface area contributed by atoms with Gasteiger partial charge in [0.2, 0.25) is 0 Å². The Balaban J connectivity index is 3.50. The molecule has 0 saturated heterocycles. The summed E-state index contributed by atoms with van der Waals surface area (Å²) in [7, 11) is 0. The first kappa shape index (κ1) is 33.9. The van der Waals surface area contributed by atoms with Crippen LogP contribution in [0.15, 0.2) is 18.2 Å². The summed E-state index contributed by atoms with van der Waals surface area (Å²) in [5.41, 5.74) is 4.10. The van der Waals surface area contributed by atoms with Crippen LogP contribution in [0, 0.1) is 16.7 Å². The third-order valence-electron chi connectivity index (χ3n) is 6.77. The SMILES string of the molecule is CCC(C)(C)C(=O)Oc1ccc(C(C(C)COC(=O)OC(C)(C)C)[C@H](N)C(=O)O)cc1OC(=O)C(C)(C)CC. The molecular formula is C29H45NO9. The average molecular weight is 552 g/mol. The first-order valence-corrected chi connectivity index (χ1v) is 13.2. The highest BCUT2D eigenvalue weighted by Gasteiger charge is 2.35. The molecule has 3 N–H and O–H groups in total. The molecule has 0 bridgehead atoms. The van der Waals surface area contributed by atoms with Crippen molar-refractivity contribution in [2.24, 2.45) is 22.5 Å². The lowest BCUT2D eigenvalue weighted by atomic mass is 9.82. The molecular weight excluding hydrogens is 506 g/mol. The molecule has 0 fully saturated rings. The van der Waals surface area contributed by atoms with Gasteiger partial charge in [-0.05, 0) is 84.9 Å². The molecule has 39 heavy (non-hydrogen) atoms. The van der Waals surface area contributed by atoms with Gasteiger partial charge in [-0.1, -0.05) is 26.8 Å². The lowest BCUT2D eigenvalue weighted by Gasteiger charge is -2.29. The quantitative estimate of drug-likeness (QED) is 0.253. The molecule has 10 nitrogen and oxygen atoms in total. The molecule has 220 valence electrons. The van der Waals surface area contributed by atoms with Crippen LogP contribution < -0.4 is 15.2 Å². The number of esters is 2. The number of ether oxygens (including phenoxy) is 4. The predicted molar refractivity (Wildman–Crippen MR) is 146 cm³/mol. The summed E-state index contributed by atoms with van der Waals surface area (Å²) in [4.78, 5) is 49.8. The molecule has 0 aliphatic rings. The van der Waals surface area contributed by atoms with Gasteiger partial charge in [-0.2, -0.15) is 0 Å². The van der Waals surface area contributed by atoms with Gasteiger partial charge in [0.1, 0.15) is 11.6 Å². The summed E-state index contributed by atoms with van der Waals surface area (Å²) in [6.07, 6.45) is 0.121. The highest BCUT2D eigenvalue weighted by Crippen LogP contribution is 2.38. The fraction of sp³-hybridized carbons (Fsp3) is 0.655. The van der Waals surface area contributed by atoms with Crippen LogP contribution in [-0.4, -0.2) is 47.4 Å².